The smallest absolute Gasteiger partial charge is 0.0713 e. The maximum absolute atomic E-state index is 4.01. The number of rotatable bonds is 9. The zero-order valence-corrected chi connectivity index (χ0v) is 34.6. The van der Waals surface area contributed by atoms with Crippen LogP contribution in [0.15, 0.2) is 243 Å². The average molecular weight is 793 g/mol. The minimum atomic E-state index is -0.518. The van der Waals surface area contributed by atoms with Crippen molar-refractivity contribution in [3.8, 4) is 22.3 Å². The topological polar surface area (TPSA) is 8.17 Å². The molecule has 1 aliphatic rings. The number of hydrogen-bond acceptors (Lipinski definition) is 1. The van der Waals surface area contributed by atoms with Crippen LogP contribution in [0.5, 0.6) is 0 Å². The standard InChI is InChI=1S/C60H44N2/c1-3-5-25-47(4-2)62-58-38-34-46(60(45-23-10-7-11-24-45)55-29-16-14-27-51(55)52-28-15-17-30-56(52)60)40-53(58)54-41-49(37-39-59(54)62)61(57-31-18-22-44-21-12-13-26-50(44)57)48-35-32-43(33-36-48)42-19-8-6-9-20-42/h3-41H,1H2,2H3/b25-5-,47-4+. The monoisotopic (exact) mass is 792 g/mol. The molecule has 294 valence electrons. The summed E-state index contributed by atoms with van der Waals surface area (Å²) in [6, 6.07) is 78.1. The van der Waals surface area contributed by atoms with Gasteiger partial charge in [-0.1, -0.05) is 189 Å². The lowest BCUT2D eigenvalue weighted by atomic mass is 9.67. The first-order valence-electron chi connectivity index (χ1n) is 21.4. The third-order valence-corrected chi connectivity index (χ3v) is 12.8. The minimum absolute atomic E-state index is 0.518. The molecule has 1 aromatic heterocycles. The quantitative estimate of drug-likeness (QED) is 0.132. The van der Waals surface area contributed by atoms with Crippen LogP contribution in [0.1, 0.15) is 29.2 Å². The maximum atomic E-state index is 4.01. The van der Waals surface area contributed by atoms with Crippen molar-refractivity contribution >= 4 is 55.3 Å². The highest BCUT2D eigenvalue weighted by Crippen LogP contribution is 2.56. The highest BCUT2D eigenvalue weighted by molar-refractivity contribution is 6.13. The van der Waals surface area contributed by atoms with Gasteiger partial charge in [-0.15, -0.1) is 0 Å². The maximum Gasteiger partial charge on any atom is 0.0713 e. The Morgan fingerprint density at radius 2 is 1.08 bits per heavy atom. The molecule has 0 amide bonds. The molecule has 11 rings (SSSR count). The van der Waals surface area contributed by atoms with Gasteiger partial charge in [0, 0.05) is 33.2 Å². The van der Waals surface area contributed by atoms with Gasteiger partial charge in [0.15, 0.2) is 0 Å². The van der Waals surface area contributed by atoms with E-state index in [1.807, 2.05) is 12.2 Å². The summed E-state index contributed by atoms with van der Waals surface area (Å²) in [5.74, 6) is 0. The Morgan fingerprint density at radius 1 is 0.500 bits per heavy atom. The largest absolute Gasteiger partial charge is 0.310 e. The summed E-state index contributed by atoms with van der Waals surface area (Å²) in [5, 5.41) is 4.77. The summed E-state index contributed by atoms with van der Waals surface area (Å²) >= 11 is 0. The second-order valence-electron chi connectivity index (χ2n) is 16.0. The second-order valence-corrected chi connectivity index (χ2v) is 16.0. The van der Waals surface area contributed by atoms with Gasteiger partial charge in [0.25, 0.3) is 0 Å². The SMILES string of the molecule is C=C/C=C\C(=C/C)n1c2ccc(N(c3ccc(-c4ccccc4)cc3)c3cccc4ccccc34)cc2c2cc(C3(c4ccccc4)c4ccccc4-c4ccccc43)ccc21. The lowest BCUT2D eigenvalue weighted by Crippen LogP contribution is -2.28. The molecule has 0 saturated carbocycles. The van der Waals surface area contributed by atoms with E-state index in [0.29, 0.717) is 0 Å². The van der Waals surface area contributed by atoms with Crippen molar-refractivity contribution in [3.63, 3.8) is 0 Å². The fraction of sp³-hybridized carbons (Fsp3) is 0.0333. The Bertz CT molecular complexity index is 3320. The van der Waals surface area contributed by atoms with E-state index in [0.717, 1.165) is 33.8 Å². The van der Waals surface area contributed by atoms with E-state index >= 15 is 0 Å². The number of benzene rings is 9. The predicted octanol–water partition coefficient (Wildman–Crippen LogP) is 16.1. The molecule has 2 nitrogen and oxygen atoms in total. The molecule has 0 unspecified atom stereocenters. The Labute approximate surface area is 363 Å². The van der Waals surface area contributed by atoms with Crippen molar-refractivity contribution in [2.75, 3.05) is 4.90 Å². The third-order valence-electron chi connectivity index (χ3n) is 12.8. The van der Waals surface area contributed by atoms with Gasteiger partial charge in [-0.25, -0.2) is 0 Å². The van der Waals surface area contributed by atoms with Crippen LogP contribution in [0.4, 0.5) is 17.1 Å². The normalized spacial score (nSPS) is 13.1. The zero-order chi connectivity index (χ0) is 41.6. The van der Waals surface area contributed by atoms with Gasteiger partial charge in [-0.05, 0) is 111 Å². The fourth-order valence-corrected chi connectivity index (χ4v) is 10.1. The predicted molar refractivity (Wildman–Crippen MR) is 264 cm³/mol. The van der Waals surface area contributed by atoms with Gasteiger partial charge >= 0.3 is 0 Å². The Hall–Kier alpha value is -7.94. The molecule has 0 aliphatic heterocycles. The van der Waals surface area contributed by atoms with Gasteiger partial charge in [-0.2, -0.15) is 0 Å². The van der Waals surface area contributed by atoms with Crippen molar-refractivity contribution < 1.29 is 0 Å². The molecule has 1 aliphatic carbocycles. The number of hydrogen-bond donors (Lipinski definition) is 0. The van der Waals surface area contributed by atoms with Crippen LogP contribution >= 0.6 is 0 Å². The number of nitrogens with zero attached hydrogens (tertiary/aromatic N) is 2. The number of allylic oxidation sites excluding steroid dienone is 5. The molecular weight excluding hydrogens is 749 g/mol. The highest BCUT2D eigenvalue weighted by Gasteiger charge is 2.46. The summed E-state index contributed by atoms with van der Waals surface area (Å²) in [5.41, 5.74) is 16.2. The number of aromatic nitrogens is 1. The van der Waals surface area contributed by atoms with Gasteiger partial charge in [0.1, 0.15) is 0 Å². The van der Waals surface area contributed by atoms with E-state index in [-0.39, 0.29) is 0 Å². The minimum Gasteiger partial charge on any atom is -0.310 e. The van der Waals surface area contributed by atoms with Crippen LogP contribution in [0.3, 0.4) is 0 Å². The van der Waals surface area contributed by atoms with E-state index in [9.17, 15) is 0 Å². The average Bonchev–Trinajstić information content (AvgIpc) is 3.83. The van der Waals surface area contributed by atoms with Crippen LogP contribution in [-0.2, 0) is 5.41 Å². The molecule has 0 N–H and O–H groups in total. The highest BCUT2D eigenvalue weighted by atomic mass is 15.1. The van der Waals surface area contributed by atoms with Crippen LogP contribution in [-0.4, -0.2) is 4.57 Å². The molecule has 0 atom stereocenters. The Morgan fingerprint density at radius 3 is 1.79 bits per heavy atom. The molecule has 10 aromatic rings. The van der Waals surface area contributed by atoms with Crippen LogP contribution in [0, 0.1) is 0 Å². The first-order chi connectivity index (χ1) is 30.7. The van der Waals surface area contributed by atoms with Gasteiger partial charge in [0.05, 0.1) is 22.1 Å². The second kappa shape index (κ2) is 15.3. The first-order valence-corrected chi connectivity index (χ1v) is 21.4. The first kappa shape index (κ1) is 37.1. The summed E-state index contributed by atoms with van der Waals surface area (Å²) < 4.78 is 2.40. The Balaban J connectivity index is 1.20. The van der Waals surface area contributed by atoms with Gasteiger partial charge in [-0.3, -0.25) is 0 Å². The summed E-state index contributed by atoms with van der Waals surface area (Å²) in [7, 11) is 0. The fourth-order valence-electron chi connectivity index (χ4n) is 10.1. The van der Waals surface area contributed by atoms with Crippen molar-refractivity contribution in [3.05, 3.63) is 265 Å². The number of fused-ring (bicyclic) bond motifs is 7. The van der Waals surface area contributed by atoms with Gasteiger partial charge < -0.3 is 9.47 Å². The van der Waals surface area contributed by atoms with Crippen molar-refractivity contribution in [1.82, 2.24) is 4.57 Å². The Kier molecular flexibility index (Phi) is 9.13. The lowest BCUT2D eigenvalue weighted by Gasteiger charge is -2.34. The molecule has 9 aromatic carbocycles. The molecule has 1 heterocycles. The molecule has 62 heavy (non-hydrogen) atoms. The van der Waals surface area contributed by atoms with Crippen LogP contribution < -0.4 is 4.90 Å². The molecule has 0 saturated heterocycles. The molecular formula is C60H44N2. The van der Waals surface area contributed by atoms with E-state index in [1.54, 1.807) is 0 Å². The third kappa shape index (κ3) is 5.79. The van der Waals surface area contributed by atoms with Crippen molar-refractivity contribution in [1.29, 1.82) is 0 Å². The molecule has 0 bridgehead atoms. The summed E-state index contributed by atoms with van der Waals surface area (Å²) in [4.78, 5) is 2.42. The van der Waals surface area contributed by atoms with Crippen LogP contribution in [0.25, 0.3) is 60.5 Å². The van der Waals surface area contributed by atoms with E-state index < -0.39 is 5.41 Å². The lowest BCUT2D eigenvalue weighted by molar-refractivity contribution is 0.770. The van der Waals surface area contributed by atoms with Crippen molar-refractivity contribution in [2.45, 2.75) is 12.3 Å². The van der Waals surface area contributed by atoms with Crippen molar-refractivity contribution in [2.24, 2.45) is 0 Å². The summed E-state index contributed by atoms with van der Waals surface area (Å²) in [6.07, 6.45) is 8.21. The molecule has 0 radical (unpaired) electrons. The molecule has 0 fully saturated rings. The number of anilines is 3. The van der Waals surface area contributed by atoms with E-state index in [4.69, 9.17) is 0 Å². The molecule has 0 spiro atoms. The van der Waals surface area contributed by atoms with E-state index in [1.165, 1.54) is 66.1 Å². The van der Waals surface area contributed by atoms with Gasteiger partial charge in [0.2, 0.25) is 0 Å². The molecule has 2 heteroatoms. The summed E-state index contributed by atoms with van der Waals surface area (Å²) in [6.45, 7) is 6.12. The van der Waals surface area contributed by atoms with E-state index in [2.05, 4.69) is 247 Å². The van der Waals surface area contributed by atoms with Crippen LogP contribution in [0.2, 0.25) is 0 Å². The zero-order valence-electron chi connectivity index (χ0n) is 34.6.